The number of sulfonamides is 1. The predicted octanol–water partition coefficient (Wildman–Crippen LogP) is 2.25. The Balaban J connectivity index is 2.04. The fraction of sp³-hybridized carbons (Fsp3) is 0.0714. The van der Waals surface area contributed by atoms with Gasteiger partial charge in [0.1, 0.15) is 10.7 Å². The molecular formula is C14H14N4O2S. The molecule has 4 N–H and O–H groups in total. The Bertz CT molecular complexity index is 916. The maximum absolute atomic E-state index is 12.5. The van der Waals surface area contributed by atoms with Crippen molar-refractivity contribution in [2.24, 2.45) is 0 Å². The van der Waals surface area contributed by atoms with Gasteiger partial charge in [0.25, 0.3) is 10.0 Å². The van der Waals surface area contributed by atoms with Crippen molar-refractivity contribution in [3.8, 4) is 0 Å². The molecule has 0 saturated heterocycles. The number of fused-ring (bicyclic) bond motifs is 1. The number of aryl methyl sites for hydroxylation is 1. The van der Waals surface area contributed by atoms with Crippen molar-refractivity contribution in [1.29, 1.82) is 0 Å². The molecule has 7 heteroatoms. The summed E-state index contributed by atoms with van der Waals surface area (Å²) in [6.07, 6.45) is 3.01. The van der Waals surface area contributed by atoms with E-state index in [1.165, 1.54) is 6.20 Å². The molecule has 0 bridgehead atoms. The summed E-state index contributed by atoms with van der Waals surface area (Å²) in [6, 6.07) is 8.51. The van der Waals surface area contributed by atoms with Crippen LogP contribution in [0.3, 0.4) is 0 Å². The zero-order valence-corrected chi connectivity index (χ0v) is 12.1. The van der Waals surface area contributed by atoms with E-state index in [9.17, 15) is 8.42 Å². The molecule has 0 radical (unpaired) electrons. The first kappa shape index (κ1) is 13.4. The number of aromatic amines is 1. The van der Waals surface area contributed by atoms with E-state index in [1.54, 1.807) is 36.5 Å². The number of hydrogen-bond acceptors (Lipinski definition) is 4. The molecule has 0 aliphatic heterocycles. The van der Waals surface area contributed by atoms with Crippen LogP contribution < -0.4 is 10.5 Å². The van der Waals surface area contributed by atoms with Crippen LogP contribution in [0.15, 0.2) is 47.6 Å². The largest absolute Gasteiger partial charge is 0.399 e. The number of nitrogens with one attached hydrogen (secondary N) is 2. The summed E-state index contributed by atoms with van der Waals surface area (Å²) >= 11 is 0. The Kier molecular flexibility index (Phi) is 3.06. The summed E-state index contributed by atoms with van der Waals surface area (Å²) in [5.41, 5.74) is 7.86. The summed E-state index contributed by atoms with van der Waals surface area (Å²) in [6.45, 7) is 1.87. The van der Waals surface area contributed by atoms with Gasteiger partial charge in [-0.05, 0) is 42.8 Å². The molecule has 2 heterocycles. The van der Waals surface area contributed by atoms with E-state index in [0.717, 1.165) is 5.56 Å². The van der Waals surface area contributed by atoms with Crippen LogP contribution in [0.5, 0.6) is 0 Å². The van der Waals surface area contributed by atoms with Gasteiger partial charge in [0.05, 0.1) is 0 Å². The van der Waals surface area contributed by atoms with E-state index < -0.39 is 10.0 Å². The molecule has 3 rings (SSSR count). The molecule has 2 aromatic heterocycles. The molecule has 0 spiro atoms. The highest BCUT2D eigenvalue weighted by molar-refractivity contribution is 7.93. The highest BCUT2D eigenvalue weighted by atomic mass is 32.2. The molecule has 6 nitrogen and oxygen atoms in total. The van der Waals surface area contributed by atoms with Crippen molar-refractivity contribution in [3.05, 3.63) is 48.3 Å². The molecule has 108 valence electrons. The summed E-state index contributed by atoms with van der Waals surface area (Å²) in [7, 11) is -3.71. The summed E-state index contributed by atoms with van der Waals surface area (Å²) < 4.78 is 27.4. The second kappa shape index (κ2) is 4.78. The van der Waals surface area contributed by atoms with Crippen LogP contribution >= 0.6 is 0 Å². The zero-order chi connectivity index (χ0) is 15.0. The van der Waals surface area contributed by atoms with Crippen LogP contribution in [0.1, 0.15) is 5.56 Å². The summed E-state index contributed by atoms with van der Waals surface area (Å²) in [5.74, 6) is 0.291. The van der Waals surface area contributed by atoms with Gasteiger partial charge in [-0.25, -0.2) is 13.4 Å². The van der Waals surface area contributed by atoms with Crippen LogP contribution in [0.25, 0.3) is 10.9 Å². The number of H-pyrrole nitrogens is 1. The van der Waals surface area contributed by atoms with Crippen molar-refractivity contribution >= 4 is 32.4 Å². The highest BCUT2D eigenvalue weighted by Crippen LogP contribution is 2.25. The molecule has 0 fully saturated rings. The van der Waals surface area contributed by atoms with Crippen molar-refractivity contribution in [2.45, 2.75) is 11.8 Å². The Labute approximate surface area is 122 Å². The van der Waals surface area contributed by atoms with Gasteiger partial charge in [-0.15, -0.1) is 0 Å². The minimum atomic E-state index is -3.71. The molecule has 3 aromatic rings. The Hall–Kier alpha value is -2.54. The lowest BCUT2D eigenvalue weighted by atomic mass is 10.2. The topological polar surface area (TPSA) is 101 Å². The first-order valence-corrected chi connectivity index (χ1v) is 7.76. The van der Waals surface area contributed by atoms with Gasteiger partial charge in [-0.2, -0.15) is 0 Å². The van der Waals surface area contributed by atoms with Gasteiger partial charge in [-0.3, -0.25) is 4.72 Å². The number of nitrogens with zero attached hydrogens (tertiary/aromatic N) is 1. The van der Waals surface area contributed by atoms with Gasteiger partial charge >= 0.3 is 0 Å². The SMILES string of the molecule is Cc1ccnc(NS(=O)(=O)c2c[nH]c3cc(N)ccc23)c1. The average Bonchev–Trinajstić information content (AvgIpc) is 2.81. The number of hydrogen-bond donors (Lipinski definition) is 3. The van der Waals surface area contributed by atoms with E-state index in [-0.39, 0.29) is 4.90 Å². The predicted molar refractivity (Wildman–Crippen MR) is 82.5 cm³/mol. The lowest BCUT2D eigenvalue weighted by Gasteiger charge is -2.06. The Morgan fingerprint density at radius 3 is 2.81 bits per heavy atom. The minimum absolute atomic E-state index is 0.167. The molecule has 0 aliphatic rings. The Morgan fingerprint density at radius 1 is 1.24 bits per heavy atom. The Morgan fingerprint density at radius 2 is 2.05 bits per heavy atom. The molecule has 0 saturated carbocycles. The second-order valence-corrected chi connectivity index (χ2v) is 6.43. The summed E-state index contributed by atoms with van der Waals surface area (Å²) in [4.78, 5) is 7.09. The lowest BCUT2D eigenvalue weighted by molar-refractivity contribution is 0.602. The number of anilines is 2. The smallest absolute Gasteiger partial charge is 0.265 e. The van der Waals surface area contributed by atoms with E-state index in [4.69, 9.17) is 5.73 Å². The maximum Gasteiger partial charge on any atom is 0.265 e. The van der Waals surface area contributed by atoms with Crippen LogP contribution in [-0.2, 0) is 10.0 Å². The van der Waals surface area contributed by atoms with Crippen molar-refractivity contribution in [1.82, 2.24) is 9.97 Å². The lowest BCUT2D eigenvalue weighted by Crippen LogP contribution is -2.13. The number of pyridine rings is 1. The van der Waals surface area contributed by atoms with Gasteiger partial charge in [0, 0.05) is 29.0 Å². The van der Waals surface area contributed by atoms with Gasteiger partial charge in [-0.1, -0.05) is 0 Å². The van der Waals surface area contributed by atoms with Crippen LogP contribution in [-0.4, -0.2) is 18.4 Å². The van der Waals surface area contributed by atoms with Crippen LogP contribution in [0, 0.1) is 6.92 Å². The number of aromatic nitrogens is 2. The zero-order valence-electron chi connectivity index (χ0n) is 11.3. The van der Waals surface area contributed by atoms with Crippen molar-refractivity contribution < 1.29 is 8.42 Å². The van der Waals surface area contributed by atoms with E-state index in [0.29, 0.717) is 22.4 Å². The van der Waals surface area contributed by atoms with Crippen LogP contribution in [0.2, 0.25) is 0 Å². The molecular weight excluding hydrogens is 288 g/mol. The molecule has 0 amide bonds. The van der Waals surface area contributed by atoms with E-state index in [1.807, 2.05) is 6.92 Å². The van der Waals surface area contributed by atoms with E-state index in [2.05, 4.69) is 14.7 Å². The van der Waals surface area contributed by atoms with Gasteiger partial charge < -0.3 is 10.7 Å². The van der Waals surface area contributed by atoms with Crippen LogP contribution in [0.4, 0.5) is 11.5 Å². The highest BCUT2D eigenvalue weighted by Gasteiger charge is 2.19. The summed E-state index contributed by atoms with van der Waals surface area (Å²) in [5, 5.41) is 0.587. The second-order valence-electron chi connectivity index (χ2n) is 4.78. The molecule has 0 aliphatic carbocycles. The number of benzene rings is 1. The quantitative estimate of drug-likeness (QED) is 0.646. The fourth-order valence-corrected chi connectivity index (χ4v) is 3.30. The third kappa shape index (κ3) is 2.55. The monoisotopic (exact) mass is 302 g/mol. The minimum Gasteiger partial charge on any atom is -0.399 e. The van der Waals surface area contributed by atoms with E-state index >= 15 is 0 Å². The average molecular weight is 302 g/mol. The van der Waals surface area contributed by atoms with Gasteiger partial charge in [0.2, 0.25) is 0 Å². The number of nitrogens with two attached hydrogens (primary N) is 1. The first-order valence-electron chi connectivity index (χ1n) is 6.28. The van der Waals surface area contributed by atoms with Crippen molar-refractivity contribution in [2.75, 3.05) is 10.5 Å². The normalized spacial score (nSPS) is 11.7. The first-order chi connectivity index (χ1) is 9.95. The molecule has 21 heavy (non-hydrogen) atoms. The maximum atomic E-state index is 12.5. The van der Waals surface area contributed by atoms with Gasteiger partial charge in [0.15, 0.2) is 0 Å². The third-order valence-corrected chi connectivity index (χ3v) is 4.51. The standard InChI is InChI=1S/C14H14N4O2S/c1-9-4-5-16-14(6-9)18-21(19,20)13-8-17-12-7-10(15)2-3-11(12)13/h2-8,17H,15H2,1H3,(H,16,18). The molecule has 1 aromatic carbocycles. The number of nitrogen functional groups attached to an aromatic ring is 1. The fourth-order valence-electron chi connectivity index (χ4n) is 2.12. The molecule has 0 atom stereocenters. The van der Waals surface area contributed by atoms with Crippen molar-refractivity contribution in [3.63, 3.8) is 0 Å². The number of rotatable bonds is 3. The third-order valence-electron chi connectivity index (χ3n) is 3.11. The molecule has 0 unspecified atom stereocenters.